The number of isocyanates is 2. The first kappa shape index (κ1) is 22.6. The van der Waals surface area contributed by atoms with E-state index in [1.54, 1.807) is 12.2 Å². The van der Waals surface area contributed by atoms with Crippen molar-refractivity contribution in [3.8, 4) is 0 Å². The van der Waals surface area contributed by atoms with Gasteiger partial charge in [0.15, 0.2) is 0 Å². The van der Waals surface area contributed by atoms with E-state index in [-0.39, 0.29) is 0 Å². The molecule has 2 aliphatic carbocycles. The smallest absolute Gasteiger partial charge is 0.235 e. The van der Waals surface area contributed by atoms with Gasteiger partial charge in [-0.2, -0.15) is 9.98 Å². The van der Waals surface area contributed by atoms with E-state index < -0.39 is 18.9 Å². The molecule has 2 aromatic rings. The zero-order chi connectivity index (χ0) is 22.4. The molecule has 6 heteroatoms. The fraction of sp³-hybridized carbons (Fsp3) is 0.462. The first-order valence-corrected chi connectivity index (χ1v) is 13.0. The summed E-state index contributed by atoms with van der Waals surface area (Å²) in [5, 5.41) is 1.57. The van der Waals surface area contributed by atoms with Gasteiger partial charge in [0, 0.05) is 10.6 Å². The third kappa shape index (κ3) is 4.48. The summed E-state index contributed by atoms with van der Waals surface area (Å²) in [6, 6.07) is 15.5. The van der Waals surface area contributed by atoms with E-state index in [1.165, 1.54) is 0 Å². The molecule has 0 radical (unpaired) electrons. The van der Waals surface area contributed by atoms with Crippen molar-refractivity contribution in [3.05, 3.63) is 59.7 Å². The van der Waals surface area contributed by atoms with Gasteiger partial charge in [0.2, 0.25) is 12.2 Å². The molecule has 0 heterocycles. The molecule has 0 amide bonds. The highest BCUT2D eigenvalue weighted by Gasteiger charge is 2.35. The second-order valence-electron chi connectivity index (χ2n) is 9.07. The number of rotatable bonds is 6. The molecule has 0 saturated heterocycles. The predicted octanol–water partition coefficient (Wildman–Crippen LogP) is 5.19. The van der Waals surface area contributed by atoms with Gasteiger partial charge in [-0.15, -0.1) is 0 Å². The lowest BCUT2D eigenvalue weighted by atomic mass is 9.77. The van der Waals surface area contributed by atoms with E-state index >= 15 is 0 Å². The van der Waals surface area contributed by atoms with Crippen molar-refractivity contribution in [2.75, 3.05) is 0 Å². The Balaban J connectivity index is 1.56. The van der Waals surface area contributed by atoms with Gasteiger partial charge in [-0.1, -0.05) is 87.1 Å². The minimum absolute atomic E-state index is 0.483. The van der Waals surface area contributed by atoms with Gasteiger partial charge in [-0.05, 0) is 36.8 Å². The monoisotopic (exact) mass is 448 g/mol. The summed E-state index contributed by atoms with van der Waals surface area (Å²) in [7, 11) is -2.17. The summed E-state index contributed by atoms with van der Waals surface area (Å²) in [5.74, 6) is 0. The second-order valence-corrected chi connectivity index (χ2v) is 10.9. The molecule has 2 aliphatic rings. The predicted molar refractivity (Wildman–Crippen MR) is 127 cm³/mol. The first-order valence-electron chi connectivity index (χ1n) is 11.6. The van der Waals surface area contributed by atoms with Crippen molar-refractivity contribution in [2.24, 2.45) is 9.98 Å². The van der Waals surface area contributed by atoms with E-state index in [0.29, 0.717) is 0 Å². The number of benzene rings is 2. The summed E-state index contributed by atoms with van der Waals surface area (Å²) >= 11 is 0. The van der Waals surface area contributed by atoms with Crippen LogP contribution in [0.2, 0.25) is 0 Å². The average Bonchev–Trinajstić information content (AvgIpc) is 2.85. The molecule has 0 N–H and O–H groups in total. The van der Waals surface area contributed by atoms with Crippen molar-refractivity contribution in [3.63, 3.8) is 0 Å². The maximum atomic E-state index is 13.2. The van der Waals surface area contributed by atoms with Crippen LogP contribution in [0.15, 0.2) is 58.5 Å². The molecule has 0 aromatic heterocycles. The van der Waals surface area contributed by atoms with Crippen molar-refractivity contribution in [1.29, 1.82) is 0 Å². The molecular formula is C26H29N2O3P. The zero-order valence-electron chi connectivity index (χ0n) is 18.3. The number of hydrogen-bond donors (Lipinski definition) is 0. The van der Waals surface area contributed by atoms with E-state index in [2.05, 4.69) is 9.98 Å². The minimum atomic E-state index is -2.17. The van der Waals surface area contributed by atoms with Crippen molar-refractivity contribution in [2.45, 2.75) is 75.3 Å². The highest BCUT2D eigenvalue weighted by atomic mass is 31.1. The average molecular weight is 449 g/mol. The van der Waals surface area contributed by atoms with Gasteiger partial charge in [-0.3, -0.25) is 0 Å². The third-order valence-corrected chi connectivity index (χ3v) is 8.97. The lowest BCUT2D eigenvalue weighted by molar-refractivity contribution is 0.304. The molecule has 0 unspecified atom stereocenters. The topological polar surface area (TPSA) is 75.9 Å². The standard InChI is InChI=1S/C26H29N2O3P/c29-19-27-25(15-3-1-4-16-25)21-7-11-23(12-8-21)32(31)24-13-9-22(10-14-24)26(28-20-30)17-5-2-6-18-26/h7-14,32H,1-6,15-18H2. The van der Waals surface area contributed by atoms with Crippen molar-refractivity contribution >= 4 is 30.6 Å². The van der Waals surface area contributed by atoms with Crippen LogP contribution in [0.4, 0.5) is 0 Å². The summed E-state index contributed by atoms with van der Waals surface area (Å²) < 4.78 is 13.2. The molecule has 32 heavy (non-hydrogen) atoms. The molecule has 0 atom stereocenters. The minimum Gasteiger partial charge on any atom is -0.317 e. The lowest BCUT2D eigenvalue weighted by Gasteiger charge is -2.32. The Morgan fingerprint density at radius 2 is 0.938 bits per heavy atom. The Labute approximate surface area is 189 Å². The fourth-order valence-electron chi connectivity index (χ4n) is 5.41. The maximum absolute atomic E-state index is 13.2. The van der Waals surface area contributed by atoms with E-state index in [1.807, 2.05) is 48.5 Å². The van der Waals surface area contributed by atoms with Gasteiger partial charge in [0.1, 0.15) is 7.80 Å². The Morgan fingerprint density at radius 3 is 1.25 bits per heavy atom. The normalized spacial score (nSPS) is 20.4. The summed E-state index contributed by atoms with van der Waals surface area (Å²) in [5.41, 5.74) is 1.04. The van der Waals surface area contributed by atoms with Crippen LogP contribution in [-0.4, -0.2) is 12.2 Å². The van der Waals surface area contributed by atoms with Gasteiger partial charge in [0.05, 0.1) is 11.1 Å². The SMILES string of the molecule is O=C=NC1(c2ccc([PH](=O)c3ccc(C4(N=C=O)CCCCC4)cc3)cc2)CCCCC1. The molecule has 0 bridgehead atoms. The molecule has 2 fully saturated rings. The fourth-order valence-corrected chi connectivity index (χ4v) is 6.68. The molecule has 2 aromatic carbocycles. The number of nitrogens with zero attached hydrogens (tertiary/aromatic N) is 2. The number of carbonyl (C=O) groups excluding carboxylic acids is 2. The zero-order valence-corrected chi connectivity index (χ0v) is 19.3. The van der Waals surface area contributed by atoms with Crippen LogP contribution in [0.1, 0.15) is 75.3 Å². The second kappa shape index (κ2) is 9.92. The lowest BCUT2D eigenvalue weighted by Crippen LogP contribution is -2.27. The third-order valence-electron chi connectivity index (χ3n) is 7.25. The van der Waals surface area contributed by atoms with Crippen molar-refractivity contribution < 1.29 is 14.2 Å². The Bertz CT molecular complexity index is 968. The van der Waals surface area contributed by atoms with Gasteiger partial charge < -0.3 is 4.57 Å². The van der Waals surface area contributed by atoms with Crippen molar-refractivity contribution in [1.82, 2.24) is 0 Å². The van der Waals surface area contributed by atoms with E-state index in [9.17, 15) is 14.2 Å². The maximum Gasteiger partial charge on any atom is 0.235 e. The van der Waals surface area contributed by atoms with Crippen LogP contribution < -0.4 is 10.6 Å². The molecule has 2 saturated carbocycles. The van der Waals surface area contributed by atoms with Crippen LogP contribution in [0.25, 0.3) is 0 Å². The Morgan fingerprint density at radius 1 is 0.594 bits per heavy atom. The molecule has 4 rings (SSSR count). The van der Waals surface area contributed by atoms with Crippen LogP contribution in [0.3, 0.4) is 0 Å². The summed E-state index contributed by atoms with van der Waals surface area (Å²) in [4.78, 5) is 30.5. The van der Waals surface area contributed by atoms with Crippen LogP contribution in [0.5, 0.6) is 0 Å². The Hall–Kier alpha value is -2.57. The van der Waals surface area contributed by atoms with E-state index in [4.69, 9.17) is 0 Å². The van der Waals surface area contributed by atoms with Crippen LogP contribution >= 0.6 is 7.80 Å². The van der Waals surface area contributed by atoms with Gasteiger partial charge in [-0.25, -0.2) is 9.59 Å². The summed E-state index contributed by atoms with van der Waals surface area (Å²) in [6.07, 6.45) is 13.5. The molecule has 5 nitrogen and oxygen atoms in total. The number of hydrogen-bond acceptors (Lipinski definition) is 5. The molecule has 0 aliphatic heterocycles. The van der Waals surface area contributed by atoms with E-state index in [0.717, 1.165) is 85.9 Å². The largest absolute Gasteiger partial charge is 0.317 e. The van der Waals surface area contributed by atoms with Crippen LogP contribution in [-0.2, 0) is 25.2 Å². The quantitative estimate of drug-likeness (QED) is 0.347. The molecule has 166 valence electrons. The highest BCUT2D eigenvalue weighted by molar-refractivity contribution is 7.61. The summed E-state index contributed by atoms with van der Waals surface area (Å²) in [6.45, 7) is 0. The number of aliphatic imine (C=N–C) groups is 2. The molecule has 0 spiro atoms. The van der Waals surface area contributed by atoms with Gasteiger partial charge >= 0.3 is 0 Å². The Kier molecular flexibility index (Phi) is 7.01. The molecular weight excluding hydrogens is 419 g/mol. The highest BCUT2D eigenvalue weighted by Crippen LogP contribution is 2.41. The van der Waals surface area contributed by atoms with Gasteiger partial charge in [0.25, 0.3) is 0 Å². The first-order chi connectivity index (χ1) is 15.6. The van der Waals surface area contributed by atoms with Crippen LogP contribution in [0, 0.1) is 0 Å².